The van der Waals surface area contributed by atoms with E-state index >= 15 is 0 Å². The number of carbonyl (C=O) groups is 1. The second kappa shape index (κ2) is 5.83. The van der Waals surface area contributed by atoms with Crippen molar-refractivity contribution < 1.29 is 9.18 Å². The van der Waals surface area contributed by atoms with Crippen LogP contribution in [0.5, 0.6) is 0 Å². The average molecular weight is 343 g/mol. The Morgan fingerprint density at radius 2 is 2.17 bits per heavy atom. The number of thiazole rings is 1. The molecule has 1 saturated carbocycles. The van der Waals surface area contributed by atoms with Crippen molar-refractivity contribution in [2.45, 2.75) is 25.4 Å². The summed E-state index contributed by atoms with van der Waals surface area (Å²) in [5.74, 6) is -0.738. The van der Waals surface area contributed by atoms with Gasteiger partial charge in [-0.05, 0) is 18.9 Å². The fraction of sp³-hybridized carbons (Fsp3) is 0.235. The fourth-order valence-electron chi connectivity index (χ4n) is 2.69. The topological polar surface area (TPSA) is 54.7 Å². The molecule has 1 aromatic carbocycles. The third kappa shape index (κ3) is 2.60. The standard InChI is InChI=1S/C17H14FN3O2S/c18-14-4-2-1-3-11(14)10-21(12-5-6-12)16(23)13-9-19-17-20(15(13)22)7-8-24-17/h1-4,7-9,12H,5-6,10H2. The first-order valence-electron chi connectivity index (χ1n) is 7.64. The van der Waals surface area contributed by atoms with E-state index in [1.165, 1.54) is 28.0 Å². The molecule has 5 nitrogen and oxygen atoms in total. The van der Waals surface area contributed by atoms with Gasteiger partial charge in [0.15, 0.2) is 4.96 Å². The number of hydrogen-bond acceptors (Lipinski definition) is 4. The Balaban J connectivity index is 1.70. The van der Waals surface area contributed by atoms with Gasteiger partial charge in [-0.15, -0.1) is 11.3 Å². The van der Waals surface area contributed by atoms with E-state index in [1.54, 1.807) is 34.7 Å². The molecule has 1 fully saturated rings. The first-order chi connectivity index (χ1) is 11.6. The molecule has 0 atom stereocenters. The highest BCUT2D eigenvalue weighted by molar-refractivity contribution is 7.15. The molecule has 1 amide bonds. The van der Waals surface area contributed by atoms with Gasteiger partial charge in [-0.1, -0.05) is 18.2 Å². The molecule has 0 unspecified atom stereocenters. The van der Waals surface area contributed by atoms with Crippen LogP contribution < -0.4 is 5.56 Å². The second-order valence-electron chi connectivity index (χ2n) is 5.79. The van der Waals surface area contributed by atoms with Gasteiger partial charge in [0, 0.05) is 35.9 Å². The first-order valence-corrected chi connectivity index (χ1v) is 8.52. The molecule has 24 heavy (non-hydrogen) atoms. The number of hydrogen-bond donors (Lipinski definition) is 0. The van der Waals surface area contributed by atoms with Crippen molar-refractivity contribution in [2.24, 2.45) is 0 Å². The largest absolute Gasteiger partial charge is 0.331 e. The van der Waals surface area contributed by atoms with Crippen LogP contribution in [-0.4, -0.2) is 26.2 Å². The molecule has 0 aliphatic heterocycles. The van der Waals surface area contributed by atoms with Crippen LogP contribution in [0.1, 0.15) is 28.8 Å². The molecular formula is C17H14FN3O2S. The average Bonchev–Trinajstić information content (AvgIpc) is 3.30. The summed E-state index contributed by atoms with van der Waals surface area (Å²) in [7, 11) is 0. The smallest absolute Gasteiger partial charge is 0.271 e. The zero-order valence-electron chi connectivity index (χ0n) is 12.7. The Hall–Kier alpha value is -2.54. The number of carbonyl (C=O) groups excluding carboxylic acids is 1. The molecule has 3 aromatic rings. The van der Waals surface area contributed by atoms with E-state index in [2.05, 4.69) is 4.98 Å². The summed E-state index contributed by atoms with van der Waals surface area (Å²) in [6, 6.07) is 6.44. The van der Waals surface area contributed by atoms with E-state index in [-0.39, 0.29) is 35.4 Å². The molecule has 0 N–H and O–H groups in total. The van der Waals surface area contributed by atoms with Crippen LogP contribution in [0.25, 0.3) is 4.96 Å². The summed E-state index contributed by atoms with van der Waals surface area (Å²) in [4.78, 5) is 31.7. The van der Waals surface area contributed by atoms with Gasteiger partial charge in [0.25, 0.3) is 11.5 Å². The maximum Gasteiger partial charge on any atom is 0.271 e. The number of nitrogens with zero attached hydrogens (tertiary/aromatic N) is 3. The van der Waals surface area contributed by atoms with Crippen LogP contribution in [0.3, 0.4) is 0 Å². The van der Waals surface area contributed by atoms with Crippen molar-refractivity contribution >= 4 is 22.2 Å². The minimum absolute atomic E-state index is 0.0224. The molecule has 7 heteroatoms. The third-order valence-corrected chi connectivity index (χ3v) is 4.89. The zero-order valence-corrected chi connectivity index (χ0v) is 13.5. The third-order valence-electron chi connectivity index (χ3n) is 4.12. The molecule has 2 aromatic heterocycles. The predicted molar refractivity (Wildman–Crippen MR) is 88.6 cm³/mol. The van der Waals surface area contributed by atoms with Crippen LogP contribution >= 0.6 is 11.3 Å². The number of amides is 1. The quantitative estimate of drug-likeness (QED) is 0.732. The first kappa shape index (κ1) is 15.0. The second-order valence-corrected chi connectivity index (χ2v) is 6.66. The summed E-state index contributed by atoms with van der Waals surface area (Å²) in [6.07, 6.45) is 4.67. The maximum absolute atomic E-state index is 13.9. The highest BCUT2D eigenvalue weighted by atomic mass is 32.1. The molecule has 0 radical (unpaired) electrons. The molecule has 122 valence electrons. The van der Waals surface area contributed by atoms with Crippen molar-refractivity contribution in [3.8, 4) is 0 Å². The van der Waals surface area contributed by atoms with Crippen molar-refractivity contribution in [3.05, 3.63) is 69.3 Å². The van der Waals surface area contributed by atoms with Gasteiger partial charge in [-0.25, -0.2) is 9.37 Å². The normalized spacial score (nSPS) is 14.0. The lowest BCUT2D eigenvalue weighted by atomic mass is 10.1. The lowest BCUT2D eigenvalue weighted by Gasteiger charge is -2.22. The van der Waals surface area contributed by atoms with Gasteiger partial charge in [-0.2, -0.15) is 0 Å². The Labute approximate surface area is 141 Å². The van der Waals surface area contributed by atoms with Gasteiger partial charge in [0.1, 0.15) is 11.4 Å². The van der Waals surface area contributed by atoms with Crippen LogP contribution in [0, 0.1) is 5.82 Å². The van der Waals surface area contributed by atoms with Crippen molar-refractivity contribution in [3.63, 3.8) is 0 Å². The van der Waals surface area contributed by atoms with E-state index in [0.29, 0.717) is 10.5 Å². The van der Waals surface area contributed by atoms with Crippen molar-refractivity contribution in [1.29, 1.82) is 0 Å². The van der Waals surface area contributed by atoms with Crippen LogP contribution in [0.4, 0.5) is 4.39 Å². The van der Waals surface area contributed by atoms with E-state index in [0.717, 1.165) is 12.8 Å². The van der Waals surface area contributed by atoms with Gasteiger partial charge >= 0.3 is 0 Å². The predicted octanol–water partition coefficient (Wildman–Crippen LogP) is 2.70. The summed E-state index contributed by atoms with van der Waals surface area (Å²) in [6.45, 7) is 0.155. The van der Waals surface area contributed by atoms with Gasteiger partial charge < -0.3 is 4.90 Å². The molecule has 0 saturated heterocycles. The molecule has 1 aliphatic carbocycles. The summed E-state index contributed by atoms with van der Waals surface area (Å²) in [5.41, 5.74) is 0.0852. The van der Waals surface area contributed by atoms with Crippen LogP contribution in [0.15, 0.2) is 46.8 Å². The molecule has 0 bridgehead atoms. The van der Waals surface area contributed by atoms with Crippen molar-refractivity contribution in [2.75, 3.05) is 0 Å². The molecule has 2 heterocycles. The van der Waals surface area contributed by atoms with Gasteiger partial charge in [0.05, 0.1) is 0 Å². The molecule has 1 aliphatic rings. The molecule has 4 rings (SSSR count). The number of aromatic nitrogens is 2. The zero-order chi connectivity index (χ0) is 16.7. The van der Waals surface area contributed by atoms with Gasteiger partial charge in [-0.3, -0.25) is 14.0 Å². The Bertz CT molecular complexity index is 977. The highest BCUT2D eigenvalue weighted by Crippen LogP contribution is 2.30. The highest BCUT2D eigenvalue weighted by Gasteiger charge is 2.34. The van der Waals surface area contributed by atoms with E-state index < -0.39 is 0 Å². The monoisotopic (exact) mass is 343 g/mol. The Morgan fingerprint density at radius 3 is 2.92 bits per heavy atom. The summed E-state index contributed by atoms with van der Waals surface area (Å²) < 4.78 is 15.3. The van der Waals surface area contributed by atoms with Crippen LogP contribution in [0.2, 0.25) is 0 Å². The van der Waals surface area contributed by atoms with E-state index in [1.807, 2.05) is 0 Å². The fourth-order valence-corrected chi connectivity index (χ4v) is 3.36. The lowest BCUT2D eigenvalue weighted by molar-refractivity contribution is 0.0726. The minimum atomic E-state index is -0.390. The van der Waals surface area contributed by atoms with E-state index in [9.17, 15) is 14.0 Å². The number of rotatable bonds is 4. The number of halogens is 1. The maximum atomic E-state index is 13.9. The van der Waals surface area contributed by atoms with Crippen molar-refractivity contribution in [1.82, 2.24) is 14.3 Å². The number of benzene rings is 1. The SMILES string of the molecule is O=C(c1cnc2sccn2c1=O)N(Cc1ccccc1F)C1CC1. The lowest BCUT2D eigenvalue weighted by Crippen LogP contribution is -2.37. The molecule has 0 spiro atoms. The summed E-state index contributed by atoms with van der Waals surface area (Å²) in [5, 5.41) is 1.75. The minimum Gasteiger partial charge on any atom is -0.331 e. The Morgan fingerprint density at radius 1 is 1.38 bits per heavy atom. The number of fused-ring (bicyclic) bond motifs is 1. The molecular weight excluding hydrogens is 329 g/mol. The Kier molecular flexibility index (Phi) is 3.65. The van der Waals surface area contributed by atoms with E-state index in [4.69, 9.17) is 0 Å². The van der Waals surface area contributed by atoms with Crippen LogP contribution in [-0.2, 0) is 6.54 Å². The summed E-state index contributed by atoms with van der Waals surface area (Å²) >= 11 is 1.33. The van der Waals surface area contributed by atoms with Gasteiger partial charge in [0.2, 0.25) is 0 Å².